The topological polar surface area (TPSA) is 777 Å². The van der Waals surface area contributed by atoms with Crippen molar-refractivity contribution in [3.05, 3.63) is 90.0 Å². The Bertz CT molecular complexity index is 4200. The van der Waals surface area contributed by atoms with E-state index in [4.69, 9.17) is 93.9 Å². The maximum Gasteiger partial charge on any atom is 0.492 e. The Balaban J connectivity index is 0.000000212. The van der Waals surface area contributed by atoms with Gasteiger partial charge in [0.15, 0.2) is 71.5 Å². The molecule has 50 nitrogen and oxygen atoms in total. The van der Waals surface area contributed by atoms with Crippen LogP contribution in [0.5, 0.6) is 0 Å². The summed E-state index contributed by atoms with van der Waals surface area (Å²) in [4.78, 5) is 113. The number of phosphoric ester groups is 1. The van der Waals surface area contributed by atoms with Gasteiger partial charge in [0.05, 0.1) is 51.2 Å². The minimum Gasteiger partial charge on any atom is -0.394 e. The molecule has 63 heteroatoms. The number of phosphoric acid groups is 6. The normalized spacial score (nSPS) is 33.5. The van der Waals surface area contributed by atoms with Gasteiger partial charge in [-0.05, 0) is 22.5 Å². The first kappa shape index (κ1) is 83.5. The van der Waals surface area contributed by atoms with Gasteiger partial charge in [-0.15, -0.1) is 0 Å². The molecule has 4 aromatic rings. The lowest BCUT2D eigenvalue weighted by Crippen LogP contribution is -2.36. The average Bonchev–Trinajstić information content (AvgIpc) is 1.78. The number of nitrogen functional groups attached to an aromatic ring is 4. The van der Waals surface area contributed by atoms with E-state index in [1.807, 2.05) is 0 Å². The molecular weight excluding hydrogens is 1570 g/mol. The van der Waals surface area contributed by atoms with Gasteiger partial charge in [0.2, 0.25) is 0 Å². The summed E-state index contributed by atoms with van der Waals surface area (Å²) < 4.78 is 188. The first-order valence-electron chi connectivity index (χ1n) is 25.6. The van der Waals surface area contributed by atoms with Gasteiger partial charge < -0.3 is 122 Å². The zero-order valence-electron chi connectivity index (χ0n) is 47.8. The Morgan fingerprint density at radius 1 is 0.465 bits per heavy atom. The fourth-order valence-corrected chi connectivity index (χ4v) is 16.9. The molecule has 23 N–H and O–H groups in total. The van der Waals surface area contributed by atoms with Gasteiger partial charge in [0.25, 0.3) is 0 Å². The number of aliphatic hydroxyl groups is 9. The second kappa shape index (κ2) is 32.3. The van der Waals surface area contributed by atoms with Crippen LogP contribution in [0.4, 0.5) is 40.8 Å². The van der Waals surface area contributed by atoms with Gasteiger partial charge in [0, 0.05) is 0 Å². The van der Waals surface area contributed by atoms with Crippen molar-refractivity contribution in [1.29, 1.82) is 0 Å². The van der Waals surface area contributed by atoms with E-state index in [1.54, 1.807) is 0 Å². The van der Waals surface area contributed by atoms with Gasteiger partial charge in [-0.1, -0.05) is 0 Å². The quantitative estimate of drug-likeness (QED) is 0.0327. The van der Waals surface area contributed by atoms with E-state index < -0.39 is 247 Å². The van der Waals surface area contributed by atoms with Gasteiger partial charge in [-0.3, -0.25) is 31.9 Å². The number of aliphatic hydroxyl groups excluding tert-OH is 9. The Labute approximate surface area is 551 Å². The van der Waals surface area contributed by atoms with Crippen LogP contribution in [-0.4, -0.2) is 213 Å². The van der Waals surface area contributed by atoms with E-state index >= 15 is 0 Å². The molecule has 4 aromatic heterocycles. The fourth-order valence-electron chi connectivity index (χ4n) is 8.23. The predicted molar refractivity (Wildman–Crippen MR) is 304 cm³/mol. The summed E-state index contributed by atoms with van der Waals surface area (Å²) >= 11 is 10.4. The first-order valence-corrected chi connectivity index (χ1v) is 38.0. The lowest BCUT2D eigenvalue weighted by atomic mass is 10.1. The molecule has 5 aliphatic rings. The highest BCUT2D eigenvalue weighted by atomic mass is 35.9. The molecule has 99 heavy (non-hydrogen) atoms. The molecule has 0 aromatic carbocycles. The van der Waals surface area contributed by atoms with Crippen LogP contribution in [0.3, 0.4) is 0 Å². The molecular formula is C36H51Cl2F4N12O38P7. The van der Waals surface area contributed by atoms with Crippen LogP contribution in [0.2, 0.25) is 0 Å². The maximum atomic E-state index is 13.6. The molecule has 5 saturated heterocycles. The Morgan fingerprint density at radius 3 is 1.03 bits per heavy atom. The molecule has 9 rings (SSSR count). The van der Waals surface area contributed by atoms with Crippen LogP contribution in [-0.2, 0) is 86.0 Å². The molecule has 0 spiro atoms. The lowest BCUT2D eigenvalue weighted by Gasteiger charge is -2.27. The summed E-state index contributed by atoms with van der Waals surface area (Å²) in [5, 5.41) is 87.7. The number of anilines is 4. The summed E-state index contributed by atoms with van der Waals surface area (Å²) in [5.41, 5.74) is 16.3. The monoisotopic (exact) mass is 1620 g/mol. The number of rotatable bonds is 18. The van der Waals surface area contributed by atoms with Crippen molar-refractivity contribution in [3.8, 4) is 0 Å². The largest absolute Gasteiger partial charge is 0.492 e. The summed E-state index contributed by atoms with van der Waals surface area (Å²) in [6, 6.07) is 0. The highest BCUT2D eigenvalue weighted by Crippen LogP contribution is 2.80. The number of nitrogens with two attached hydrogens (primary N) is 4. The summed E-state index contributed by atoms with van der Waals surface area (Å²) in [6.07, 6.45) is -26.5. The molecule has 0 amide bonds. The lowest BCUT2D eigenvalue weighted by molar-refractivity contribution is -0.0553. The second-order valence-electron chi connectivity index (χ2n) is 19.5. The van der Waals surface area contributed by atoms with Crippen molar-refractivity contribution >= 4 is 98.8 Å². The van der Waals surface area contributed by atoms with Crippen molar-refractivity contribution in [1.82, 2.24) is 38.2 Å². The molecule has 0 aliphatic carbocycles. The standard InChI is InChI=1S/C9H11Cl2FN3O6P.C9H15FN3O14P3.C9H13FN3O13P3.C9H12FN3O5/c10-22(11,19)20-2-4-5(16)6(17)8(21-4)15-1-3(12)7(13)14-9(15)18;10-3-1-13(9(16)12-7(3)11)8-6(15)5(14)4(25-8)2-24-29(20,21)27-30(22,23)26-28(17,18)19;10-3-1-13(9(16)12-7(3)11)8-6(15)5(14)4(23-8)2-22-29(21)25-27(17,18)24-28(19,20)26-29;10-3-1-13(9(17)12-7(3)11)8-6(16)5(15)4(2-14)18-8/h1,4-6,8,16-17H,2H2,(H2,13,14,18);1,4-6,8,14-15H,2H2,(H,20,21)(H,22,23)(H2,11,12,16)(H2,17,18,19);1,4-6,8,14-15H,2H2,(H,17,18)(H,19,20)(H2,11,12,16);1,4-6,8,14-16H,2H2,(H2,11,12,17)/t4*4-,5?,6+,8-/m1111/s1. The van der Waals surface area contributed by atoms with Gasteiger partial charge in [-0.25, -0.2) is 64.1 Å². The average molecular weight is 1620 g/mol. The van der Waals surface area contributed by atoms with Crippen molar-refractivity contribution in [2.75, 3.05) is 49.4 Å². The highest BCUT2D eigenvalue weighted by molar-refractivity contribution is 8.05. The van der Waals surface area contributed by atoms with Crippen molar-refractivity contribution in [2.45, 2.75) is 98.2 Å². The number of hydrogen-bond acceptors (Lipinski definition) is 40. The summed E-state index contributed by atoms with van der Waals surface area (Å²) in [5.74, 6) is -6.87. The number of aromatic nitrogens is 8. The van der Waals surface area contributed by atoms with Crippen LogP contribution in [0.25, 0.3) is 0 Å². The minimum absolute atomic E-state index is 0.435. The Kier molecular flexibility index (Phi) is 27.2. The zero-order valence-corrected chi connectivity index (χ0v) is 55.5. The van der Waals surface area contributed by atoms with Crippen LogP contribution in [0.15, 0.2) is 44.0 Å². The molecule has 0 radical (unpaired) electrons. The van der Waals surface area contributed by atoms with Crippen molar-refractivity contribution in [2.24, 2.45) is 0 Å². The smallest absolute Gasteiger partial charge is 0.394 e. The SMILES string of the molecule is Nc1nc(=O)n([C@@H]2O[C@H](CO)C(O)[C@@H]2O)cc1F.Nc1nc(=O)n([C@@H]2O[C@H](COP(=O)(Cl)Cl)C(O)[C@@H]2O)cc1F.Nc1nc(=O)n([C@@H]2O[C@H](COP(=O)(O)OP(=O)(O)OP(=O)(O)O)C(O)[C@@H]2O)cc1F.Nc1nc(=O)n([C@@H]2O[C@H](COP3(=O)OP(=O)(O)OP(=O)(O)O3)C(O)[C@@H]2O)cc1F. The van der Waals surface area contributed by atoms with Crippen LogP contribution in [0.1, 0.15) is 24.9 Å². The van der Waals surface area contributed by atoms with Crippen LogP contribution >= 0.6 is 75.5 Å². The molecule has 8 unspecified atom stereocenters. The highest BCUT2D eigenvalue weighted by Gasteiger charge is 2.56. The van der Waals surface area contributed by atoms with E-state index in [2.05, 4.69) is 55.1 Å². The van der Waals surface area contributed by atoms with Gasteiger partial charge in [-0.2, -0.15) is 41.5 Å². The third kappa shape index (κ3) is 21.8. The number of ether oxygens (including phenoxy) is 4. The minimum atomic E-state index is -5.76. The van der Waals surface area contributed by atoms with Gasteiger partial charge in [0.1, 0.15) is 73.2 Å². The van der Waals surface area contributed by atoms with Crippen LogP contribution < -0.4 is 45.7 Å². The van der Waals surface area contributed by atoms with Gasteiger partial charge >= 0.3 is 75.8 Å². The van der Waals surface area contributed by atoms with Crippen molar-refractivity contribution < 1.29 is 179 Å². The molecule has 0 bridgehead atoms. The van der Waals surface area contributed by atoms with E-state index in [0.29, 0.717) is 36.9 Å². The second-order valence-corrected chi connectivity index (χ2v) is 33.2. The third-order valence-electron chi connectivity index (χ3n) is 12.6. The molecule has 9 heterocycles. The summed E-state index contributed by atoms with van der Waals surface area (Å²) in [7, 11) is -32.6. The van der Waals surface area contributed by atoms with E-state index in [9.17, 15) is 114 Å². The molecule has 5 aliphatic heterocycles. The Morgan fingerprint density at radius 2 is 0.747 bits per heavy atom. The molecule has 20 atom stereocenters. The number of halogens is 6. The zero-order chi connectivity index (χ0) is 74.9. The molecule has 0 saturated carbocycles. The van der Waals surface area contributed by atoms with Crippen LogP contribution in [0, 0.1) is 23.3 Å². The Hall–Kier alpha value is -4.45. The molecule has 560 valence electrons. The van der Waals surface area contributed by atoms with Crippen molar-refractivity contribution in [3.63, 3.8) is 0 Å². The van der Waals surface area contributed by atoms with E-state index in [-0.39, 0.29) is 0 Å². The van der Waals surface area contributed by atoms with E-state index in [1.165, 1.54) is 0 Å². The predicted octanol–water partition coefficient (Wildman–Crippen LogP) is -5.34. The number of hydrogen-bond donors (Lipinski definition) is 19. The third-order valence-corrected chi connectivity index (χ3v) is 22.8. The maximum absolute atomic E-state index is 13.6. The fraction of sp³-hybridized carbons (Fsp3) is 0.556. The van der Waals surface area contributed by atoms with E-state index in [0.717, 1.165) is 6.20 Å². The number of nitrogens with zero attached hydrogens (tertiary/aromatic N) is 8. The summed E-state index contributed by atoms with van der Waals surface area (Å²) in [6.45, 7) is -3.17. The molecule has 5 fully saturated rings. The first-order chi connectivity index (χ1) is 45.3.